The number of halogens is 1. The van der Waals surface area contributed by atoms with Gasteiger partial charge < -0.3 is 24.9 Å². The molecule has 1 aromatic heterocycles. The second kappa shape index (κ2) is 13.9. The first kappa shape index (κ1) is 25.8. The molecule has 0 aliphatic carbocycles. The molecular weight excluding hydrogens is 519 g/mol. The minimum Gasteiger partial charge on any atom is -0.444 e. The van der Waals surface area contributed by atoms with Crippen molar-refractivity contribution in [3.63, 3.8) is 0 Å². The van der Waals surface area contributed by atoms with E-state index in [-0.39, 0.29) is 36.7 Å². The third-order valence-corrected chi connectivity index (χ3v) is 4.63. The van der Waals surface area contributed by atoms with E-state index in [1.807, 2.05) is 74.5 Å². The Kier molecular flexibility index (Phi) is 11.2. The molecule has 0 fully saturated rings. The lowest BCUT2D eigenvalue weighted by Gasteiger charge is -2.18. The molecule has 2 aromatic carbocycles. The van der Waals surface area contributed by atoms with E-state index in [9.17, 15) is 5.11 Å². The van der Waals surface area contributed by atoms with Crippen LogP contribution in [-0.4, -0.2) is 41.9 Å². The fourth-order valence-corrected chi connectivity index (χ4v) is 2.94. The van der Waals surface area contributed by atoms with Gasteiger partial charge in [-0.05, 0) is 31.5 Å². The maximum Gasteiger partial charge on any atom is 0.226 e. The van der Waals surface area contributed by atoms with E-state index in [0.717, 1.165) is 16.8 Å². The van der Waals surface area contributed by atoms with Gasteiger partial charge in [-0.15, -0.1) is 24.0 Å². The Bertz CT molecular complexity index is 935. The fraction of sp³-hybridized carbons (Fsp3) is 0.333. The maximum atomic E-state index is 10.3. The van der Waals surface area contributed by atoms with E-state index in [4.69, 9.17) is 9.15 Å². The van der Waals surface area contributed by atoms with Crippen LogP contribution < -0.4 is 10.6 Å². The van der Waals surface area contributed by atoms with E-state index in [2.05, 4.69) is 20.6 Å². The van der Waals surface area contributed by atoms with Gasteiger partial charge in [0.25, 0.3) is 0 Å². The first-order valence-corrected chi connectivity index (χ1v) is 10.5. The zero-order valence-corrected chi connectivity index (χ0v) is 20.7. The molecule has 0 radical (unpaired) electrons. The smallest absolute Gasteiger partial charge is 0.226 e. The summed E-state index contributed by atoms with van der Waals surface area (Å²) in [4.78, 5) is 9.01. The van der Waals surface area contributed by atoms with E-state index in [0.29, 0.717) is 31.5 Å². The molecule has 0 bridgehead atoms. The topological polar surface area (TPSA) is 91.9 Å². The number of ether oxygens (including phenoxy) is 1. The molecule has 0 aliphatic rings. The summed E-state index contributed by atoms with van der Waals surface area (Å²) < 4.78 is 11.3. The van der Waals surface area contributed by atoms with Gasteiger partial charge in [-0.2, -0.15) is 0 Å². The molecule has 0 amide bonds. The van der Waals surface area contributed by atoms with Gasteiger partial charge in [0.15, 0.2) is 5.96 Å². The number of nitrogens with one attached hydrogen (secondary N) is 2. The highest BCUT2D eigenvalue weighted by Crippen LogP contribution is 2.18. The molecule has 1 heterocycles. The van der Waals surface area contributed by atoms with Crippen LogP contribution in [0.15, 0.2) is 76.3 Å². The number of oxazole rings is 1. The van der Waals surface area contributed by atoms with E-state index < -0.39 is 6.10 Å². The van der Waals surface area contributed by atoms with Crippen LogP contribution in [-0.2, 0) is 11.3 Å². The van der Waals surface area contributed by atoms with E-state index >= 15 is 0 Å². The standard InChI is InChI=1S/C24H30N4O3.HI/c1-3-25-24(26-14-21-16-31-23(28-21)20-12-8-5-9-13-20)27-15-22(29)17-30-18(2)19-10-6-4-7-11-19;/h4-13,16,18,22,29H,3,14-15,17H2,1-2H3,(H2,25,26,27);1H. The van der Waals surface area contributed by atoms with Crippen molar-refractivity contribution in [3.05, 3.63) is 78.2 Å². The molecule has 0 saturated carbocycles. The summed E-state index contributed by atoms with van der Waals surface area (Å²) in [7, 11) is 0. The number of aromatic nitrogens is 1. The zero-order valence-electron chi connectivity index (χ0n) is 18.4. The Morgan fingerprint density at radius 1 is 1.09 bits per heavy atom. The zero-order chi connectivity index (χ0) is 21.9. The number of aliphatic hydroxyl groups excluding tert-OH is 1. The normalized spacial score (nSPS) is 13.2. The molecule has 7 nitrogen and oxygen atoms in total. The number of nitrogens with zero attached hydrogens (tertiary/aromatic N) is 2. The van der Waals surface area contributed by atoms with Gasteiger partial charge in [0.1, 0.15) is 12.0 Å². The third kappa shape index (κ3) is 8.25. The first-order valence-electron chi connectivity index (χ1n) is 10.5. The summed E-state index contributed by atoms with van der Waals surface area (Å²) >= 11 is 0. The Balaban J connectivity index is 0.00000363. The van der Waals surface area contributed by atoms with Gasteiger partial charge in [-0.1, -0.05) is 48.5 Å². The van der Waals surface area contributed by atoms with Gasteiger partial charge in [0.05, 0.1) is 25.4 Å². The van der Waals surface area contributed by atoms with Crippen molar-refractivity contribution in [1.29, 1.82) is 0 Å². The van der Waals surface area contributed by atoms with Crippen molar-refractivity contribution in [2.75, 3.05) is 19.7 Å². The van der Waals surface area contributed by atoms with Crippen molar-refractivity contribution < 1.29 is 14.3 Å². The molecule has 3 N–H and O–H groups in total. The lowest BCUT2D eigenvalue weighted by atomic mass is 10.1. The molecular formula is C24H31IN4O3. The van der Waals surface area contributed by atoms with Gasteiger partial charge in [-0.25, -0.2) is 9.98 Å². The SMILES string of the molecule is CCNC(=NCc1coc(-c2ccccc2)n1)NCC(O)COC(C)c1ccccc1.I. The molecule has 8 heteroatoms. The van der Waals surface area contributed by atoms with Crippen LogP contribution in [0.1, 0.15) is 31.2 Å². The lowest BCUT2D eigenvalue weighted by Crippen LogP contribution is -2.42. The van der Waals surface area contributed by atoms with Crippen molar-refractivity contribution in [3.8, 4) is 11.5 Å². The van der Waals surface area contributed by atoms with Gasteiger partial charge in [0, 0.05) is 18.7 Å². The van der Waals surface area contributed by atoms with Gasteiger partial charge in [-0.3, -0.25) is 0 Å². The van der Waals surface area contributed by atoms with Crippen LogP contribution in [0.25, 0.3) is 11.5 Å². The molecule has 172 valence electrons. The van der Waals surface area contributed by atoms with Gasteiger partial charge >= 0.3 is 0 Å². The largest absolute Gasteiger partial charge is 0.444 e. The lowest BCUT2D eigenvalue weighted by molar-refractivity contribution is -0.000599. The predicted molar refractivity (Wildman–Crippen MR) is 137 cm³/mol. The summed E-state index contributed by atoms with van der Waals surface area (Å²) in [6.45, 7) is 5.58. The average molecular weight is 550 g/mol. The summed E-state index contributed by atoms with van der Waals surface area (Å²) in [5.74, 6) is 1.17. The van der Waals surface area contributed by atoms with Crippen molar-refractivity contribution in [1.82, 2.24) is 15.6 Å². The van der Waals surface area contributed by atoms with Crippen LogP contribution in [0, 0.1) is 0 Å². The van der Waals surface area contributed by atoms with Gasteiger partial charge in [0.2, 0.25) is 5.89 Å². The highest BCUT2D eigenvalue weighted by Gasteiger charge is 2.11. The number of benzene rings is 2. The molecule has 32 heavy (non-hydrogen) atoms. The summed E-state index contributed by atoms with van der Waals surface area (Å²) in [6, 6.07) is 19.7. The molecule has 0 aliphatic heterocycles. The third-order valence-electron chi connectivity index (χ3n) is 4.63. The molecule has 3 aromatic rings. The van der Waals surface area contributed by atoms with Crippen molar-refractivity contribution in [2.24, 2.45) is 4.99 Å². The monoisotopic (exact) mass is 550 g/mol. The Morgan fingerprint density at radius 2 is 1.78 bits per heavy atom. The second-order valence-corrected chi connectivity index (χ2v) is 7.13. The molecule has 2 atom stereocenters. The Morgan fingerprint density at radius 3 is 2.47 bits per heavy atom. The number of hydrogen-bond acceptors (Lipinski definition) is 5. The summed E-state index contributed by atoms with van der Waals surface area (Å²) in [5.41, 5.74) is 2.74. The maximum absolute atomic E-state index is 10.3. The van der Waals surface area contributed by atoms with E-state index in [1.165, 1.54) is 0 Å². The highest BCUT2D eigenvalue weighted by atomic mass is 127. The van der Waals surface area contributed by atoms with Crippen molar-refractivity contribution >= 4 is 29.9 Å². The number of aliphatic hydroxyl groups is 1. The quantitative estimate of drug-likeness (QED) is 0.200. The van der Waals surface area contributed by atoms with Crippen LogP contribution in [0.4, 0.5) is 0 Å². The second-order valence-electron chi connectivity index (χ2n) is 7.13. The summed E-state index contributed by atoms with van der Waals surface area (Å²) in [6.07, 6.45) is 0.874. The minimum atomic E-state index is -0.660. The van der Waals surface area contributed by atoms with Crippen LogP contribution in [0.5, 0.6) is 0 Å². The average Bonchev–Trinajstić information content (AvgIpc) is 3.29. The molecule has 0 saturated heterocycles. The Hall–Kier alpha value is -2.43. The van der Waals surface area contributed by atoms with Crippen molar-refractivity contribution in [2.45, 2.75) is 32.6 Å². The number of hydrogen-bond donors (Lipinski definition) is 3. The van der Waals surface area contributed by atoms with E-state index in [1.54, 1.807) is 6.26 Å². The van der Waals surface area contributed by atoms with Crippen LogP contribution in [0.2, 0.25) is 0 Å². The molecule has 3 rings (SSSR count). The molecule has 2 unspecified atom stereocenters. The van der Waals surface area contributed by atoms with Crippen LogP contribution >= 0.6 is 24.0 Å². The minimum absolute atomic E-state index is 0. The predicted octanol–water partition coefficient (Wildman–Crippen LogP) is 4.15. The highest BCUT2D eigenvalue weighted by molar-refractivity contribution is 14.0. The number of rotatable bonds is 10. The first-order chi connectivity index (χ1) is 15.2. The van der Waals surface area contributed by atoms with Crippen LogP contribution in [0.3, 0.4) is 0 Å². The Labute approximate surface area is 206 Å². The number of aliphatic imine (C=N–C) groups is 1. The fourth-order valence-electron chi connectivity index (χ4n) is 2.94. The molecule has 0 spiro atoms. The summed E-state index contributed by atoms with van der Waals surface area (Å²) in [5, 5.41) is 16.6. The number of guanidine groups is 1.